The first-order valence-electron chi connectivity index (χ1n) is 5.94. The molecule has 8 heteroatoms. The number of carbonyl (C=O) groups is 3. The van der Waals surface area contributed by atoms with Crippen LogP contribution in [-0.4, -0.2) is 40.0 Å². The molecule has 112 valence electrons. The Morgan fingerprint density at radius 3 is 2.33 bits per heavy atom. The van der Waals surface area contributed by atoms with Gasteiger partial charge in [-0.3, -0.25) is 14.5 Å². The normalized spacial score (nSPS) is 16.1. The molecular formula is C13H10F3NO4. The zero-order valence-electron chi connectivity index (χ0n) is 10.8. The number of nitrogens with zero attached hydrogens (tertiary/aromatic N) is 1. The molecule has 1 aromatic carbocycles. The Hall–Kier alpha value is -2.38. The summed E-state index contributed by atoms with van der Waals surface area (Å²) < 4.78 is 37.2. The quantitative estimate of drug-likeness (QED) is 0.869. The van der Waals surface area contributed by atoms with Gasteiger partial charge in [-0.15, -0.1) is 0 Å². The summed E-state index contributed by atoms with van der Waals surface area (Å²) in [5, 5.41) is 8.84. The van der Waals surface area contributed by atoms with E-state index in [1.54, 1.807) is 0 Å². The van der Waals surface area contributed by atoms with E-state index in [4.69, 9.17) is 5.11 Å². The van der Waals surface area contributed by atoms with E-state index in [-0.39, 0.29) is 16.7 Å². The predicted molar refractivity (Wildman–Crippen MR) is 64.0 cm³/mol. The van der Waals surface area contributed by atoms with Crippen LogP contribution in [0.1, 0.15) is 44.4 Å². The molecule has 1 aromatic rings. The Kier molecular flexibility index (Phi) is 3.48. The average Bonchev–Trinajstić information content (AvgIpc) is 2.59. The number of hydrogen-bond donors (Lipinski definition) is 1. The third-order valence-electron chi connectivity index (χ3n) is 3.13. The van der Waals surface area contributed by atoms with Gasteiger partial charge in [0.25, 0.3) is 11.8 Å². The SMILES string of the molecule is CC(CC(F)(F)F)N1C(=O)c2ccc(C(=O)O)cc2C1=O. The van der Waals surface area contributed by atoms with E-state index in [9.17, 15) is 27.6 Å². The van der Waals surface area contributed by atoms with E-state index in [1.165, 1.54) is 0 Å². The fourth-order valence-corrected chi connectivity index (χ4v) is 2.22. The number of halogens is 3. The highest BCUT2D eigenvalue weighted by Gasteiger charge is 2.42. The number of aromatic carboxylic acids is 1. The van der Waals surface area contributed by atoms with E-state index in [1.807, 2.05) is 0 Å². The maximum Gasteiger partial charge on any atom is 0.391 e. The lowest BCUT2D eigenvalue weighted by Crippen LogP contribution is -2.40. The second kappa shape index (κ2) is 4.87. The molecule has 1 unspecified atom stereocenters. The van der Waals surface area contributed by atoms with Crippen LogP contribution < -0.4 is 0 Å². The van der Waals surface area contributed by atoms with E-state index < -0.39 is 36.4 Å². The second-order valence-electron chi connectivity index (χ2n) is 4.71. The van der Waals surface area contributed by atoms with E-state index in [0.717, 1.165) is 25.1 Å². The first-order valence-corrected chi connectivity index (χ1v) is 5.94. The molecule has 0 aliphatic carbocycles. The third-order valence-corrected chi connectivity index (χ3v) is 3.13. The van der Waals surface area contributed by atoms with Crippen LogP contribution in [0.25, 0.3) is 0 Å². The fourth-order valence-electron chi connectivity index (χ4n) is 2.22. The minimum atomic E-state index is -4.51. The number of fused-ring (bicyclic) bond motifs is 1. The van der Waals surface area contributed by atoms with Crippen molar-refractivity contribution >= 4 is 17.8 Å². The highest BCUT2D eigenvalue weighted by molar-refractivity contribution is 6.22. The zero-order valence-corrected chi connectivity index (χ0v) is 10.8. The summed E-state index contributed by atoms with van der Waals surface area (Å²) in [7, 11) is 0. The van der Waals surface area contributed by atoms with E-state index >= 15 is 0 Å². The monoisotopic (exact) mass is 301 g/mol. The lowest BCUT2D eigenvalue weighted by atomic mass is 10.1. The van der Waals surface area contributed by atoms with Crippen LogP contribution >= 0.6 is 0 Å². The van der Waals surface area contributed by atoms with Gasteiger partial charge in [0.05, 0.1) is 23.1 Å². The summed E-state index contributed by atoms with van der Waals surface area (Å²) in [6, 6.07) is 1.91. The topological polar surface area (TPSA) is 74.7 Å². The molecule has 0 saturated carbocycles. The van der Waals surface area contributed by atoms with Gasteiger partial charge in [-0.1, -0.05) is 0 Å². The molecule has 0 spiro atoms. The van der Waals surface area contributed by atoms with Crippen molar-refractivity contribution in [3.05, 3.63) is 34.9 Å². The van der Waals surface area contributed by atoms with Crippen molar-refractivity contribution in [1.29, 1.82) is 0 Å². The summed E-state index contributed by atoms with van der Waals surface area (Å²) in [6.45, 7) is 1.12. The standard InChI is InChI=1S/C13H10F3NO4/c1-6(5-13(14,15)16)17-10(18)8-3-2-7(12(20)21)4-9(8)11(17)19/h2-4,6H,5H2,1H3,(H,20,21). The van der Waals surface area contributed by atoms with Crippen LogP contribution in [0.5, 0.6) is 0 Å². The Bertz CT molecular complexity index is 639. The number of hydrogen-bond acceptors (Lipinski definition) is 3. The lowest BCUT2D eigenvalue weighted by Gasteiger charge is -2.23. The number of imide groups is 1. The predicted octanol–water partition coefficient (Wildman–Crippen LogP) is 2.32. The maximum absolute atomic E-state index is 12.4. The summed E-state index contributed by atoms with van der Waals surface area (Å²) in [4.78, 5) is 35.4. The molecule has 1 aliphatic heterocycles. The summed E-state index contributed by atoms with van der Waals surface area (Å²) >= 11 is 0. The summed E-state index contributed by atoms with van der Waals surface area (Å²) in [6.07, 6.45) is -5.83. The molecule has 0 fully saturated rings. The number of carboxylic acid groups (broad SMARTS) is 1. The smallest absolute Gasteiger partial charge is 0.391 e. The van der Waals surface area contributed by atoms with Gasteiger partial charge in [-0.25, -0.2) is 4.79 Å². The van der Waals surface area contributed by atoms with Gasteiger partial charge in [-0.2, -0.15) is 13.2 Å². The Morgan fingerprint density at radius 2 is 1.81 bits per heavy atom. The minimum Gasteiger partial charge on any atom is -0.478 e. The van der Waals surface area contributed by atoms with Gasteiger partial charge in [0.1, 0.15) is 0 Å². The van der Waals surface area contributed by atoms with E-state index in [0.29, 0.717) is 4.90 Å². The molecule has 0 saturated heterocycles. The fraction of sp³-hybridized carbons (Fsp3) is 0.308. The van der Waals surface area contributed by atoms with Crippen LogP contribution in [0.2, 0.25) is 0 Å². The van der Waals surface area contributed by atoms with Crippen LogP contribution in [0.4, 0.5) is 13.2 Å². The first kappa shape index (κ1) is 15.0. The number of carbonyl (C=O) groups excluding carboxylic acids is 2. The van der Waals surface area contributed by atoms with Crippen molar-refractivity contribution in [1.82, 2.24) is 4.90 Å². The van der Waals surface area contributed by atoms with E-state index in [2.05, 4.69) is 0 Å². The van der Waals surface area contributed by atoms with Crippen molar-refractivity contribution in [2.45, 2.75) is 25.6 Å². The second-order valence-corrected chi connectivity index (χ2v) is 4.71. The molecule has 1 heterocycles. The number of benzene rings is 1. The molecule has 2 rings (SSSR count). The summed E-state index contributed by atoms with van der Waals surface area (Å²) in [5.41, 5.74) is -0.479. The van der Waals surface area contributed by atoms with Gasteiger partial charge in [-0.05, 0) is 25.1 Å². The van der Waals surface area contributed by atoms with Crippen molar-refractivity contribution in [3.8, 4) is 0 Å². The van der Waals surface area contributed by atoms with Crippen LogP contribution in [0.15, 0.2) is 18.2 Å². The van der Waals surface area contributed by atoms with Crippen molar-refractivity contribution in [2.75, 3.05) is 0 Å². The molecule has 0 aromatic heterocycles. The molecule has 0 radical (unpaired) electrons. The Balaban J connectivity index is 2.36. The molecule has 5 nitrogen and oxygen atoms in total. The van der Waals surface area contributed by atoms with Crippen molar-refractivity contribution < 1.29 is 32.7 Å². The van der Waals surface area contributed by atoms with Gasteiger partial charge < -0.3 is 5.11 Å². The van der Waals surface area contributed by atoms with Gasteiger partial charge in [0, 0.05) is 6.04 Å². The average molecular weight is 301 g/mol. The Morgan fingerprint density at radius 1 is 1.24 bits per heavy atom. The molecule has 21 heavy (non-hydrogen) atoms. The third kappa shape index (κ3) is 2.74. The van der Waals surface area contributed by atoms with Crippen molar-refractivity contribution in [3.63, 3.8) is 0 Å². The molecule has 2 amide bonds. The van der Waals surface area contributed by atoms with Crippen LogP contribution in [0, 0.1) is 0 Å². The highest BCUT2D eigenvalue weighted by atomic mass is 19.4. The van der Waals surface area contributed by atoms with Gasteiger partial charge in [0.2, 0.25) is 0 Å². The van der Waals surface area contributed by atoms with Crippen LogP contribution in [0.3, 0.4) is 0 Å². The van der Waals surface area contributed by atoms with Crippen LogP contribution in [-0.2, 0) is 0 Å². The molecule has 1 atom stereocenters. The number of alkyl halides is 3. The molecule has 1 N–H and O–H groups in total. The zero-order chi connectivity index (χ0) is 15.9. The van der Waals surface area contributed by atoms with Crippen molar-refractivity contribution in [2.24, 2.45) is 0 Å². The number of rotatable bonds is 3. The summed E-state index contributed by atoms with van der Waals surface area (Å²) in [5.74, 6) is -3.04. The Labute approximate surface area is 117 Å². The molecule has 0 bridgehead atoms. The largest absolute Gasteiger partial charge is 0.478 e. The molecule has 1 aliphatic rings. The maximum atomic E-state index is 12.4. The number of amides is 2. The van der Waals surface area contributed by atoms with Gasteiger partial charge in [0.15, 0.2) is 0 Å². The lowest BCUT2D eigenvalue weighted by molar-refractivity contribution is -0.142. The number of carboxylic acids is 1. The first-order chi connectivity index (χ1) is 9.61. The van der Waals surface area contributed by atoms with Gasteiger partial charge >= 0.3 is 12.1 Å². The minimum absolute atomic E-state index is 0.0842. The highest BCUT2D eigenvalue weighted by Crippen LogP contribution is 2.30. The molecular weight excluding hydrogens is 291 g/mol.